The van der Waals surface area contributed by atoms with Crippen molar-refractivity contribution in [3.8, 4) is 0 Å². The fourth-order valence-electron chi connectivity index (χ4n) is 2.13. The topological polar surface area (TPSA) is 27.1 Å². The highest BCUT2D eigenvalue weighted by Gasteiger charge is 2.14. The largest absolute Gasteiger partial charge is 0.382 e. The van der Waals surface area contributed by atoms with Gasteiger partial charge in [0.05, 0.1) is 16.4 Å². The van der Waals surface area contributed by atoms with Crippen LogP contribution in [-0.4, -0.2) is 22.8 Å². The van der Waals surface area contributed by atoms with Crippen molar-refractivity contribution >= 4 is 45.2 Å². The lowest BCUT2D eigenvalue weighted by Gasteiger charge is -2.10. The second kappa shape index (κ2) is 6.90. The van der Waals surface area contributed by atoms with Crippen LogP contribution in [0.25, 0.3) is 11.0 Å². The van der Waals surface area contributed by atoms with Crippen molar-refractivity contribution in [1.82, 2.24) is 9.55 Å². The molecule has 0 aliphatic rings. The molecule has 19 heavy (non-hydrogen) atoms. The fraction of sp³-hybridized carbons (Fsp3) is 0.500. The molecule has 2 rings (SSSR count). The number of hydrogen-bond donors (Lipinski definition) is 0. The summed E-state index contributed by atoms with van der Waals surface area (Å²) in [5, 5.41) is -0.0860. The summed E-state index contributed by atoms with van der Waals surface area (Å²) in [5.74, 6) is 0.940. The van der Waals surface area contributed by atoms with Crippen LogP contribution in [0.1, 0.15) is 31.5 Å². The molecule has 2 aromatic rings. The van der Waals surface area contributed by atoms with Crippen LogP contribution in [0, 0.1) is 3.57 Å². The van der Waals surface area contributed by atoms with Crippen molar-refractivity contribution in [2.75, 3.05) is 13.2 Å². The number of rotatable bonds is 6. The highest BCUT2D eigenvalue weighted by molar-refractivity contribution is 14.1. The lowest BCUT2D eigenvalue weighted by atomic mass is 10.3. The Morgan fingerprint density at radius 1 is 1.47 bits per heavy atom. The van der Waals surface area contributed by atoms with Crippen molar-refractivity contribution in [2.24, 2.45) is 0 Å². The number of halogens is 2. The molecule has 5 heteroatoms. The van der Waals surface area contributed by atoms with E-state index in [4.69, 9.17) is 16.3 Å². The second-order valence-electron chi connectivity index (χ2n) is 4.42. The van der Waals surface area contributed by atoms with Gasteiger partial charge < -0.3 is 9.30 Å². The molecule has 0 N–H and O–H groups in total. The Labute approximate surface area is 132 Å². The van der Waals surface area contributed by atoms with E-state index < -0.39 is 0 Å². The minimum absolute atomic E-state index is 0.0860. The first-order chi connectivity index (χ1) is 9.13. The van der Waals surface area contributed by atoms with E-state index in [1.807, 2.05) is 13.8 Å². The van der Waals surface area contributed by atoms with E-state index in [0.717, 1.165) is 43.0 Å². The first kappa shape index (κ1) is 15.1. The number of aryl methyl sites for hydroxylation is 1. The van der Waals surface area contributed by atoms with Gasteiger partial charge in [-0.3, -0.25) is 0 Å². The minimum atomic E-state index is -0.0860. The summed E-state index contributed by atoms with van der Waals surface area (Å²) in [4.78, 5) is 4.66. The molecule has 0 radical (unpaired) electrons. The molecule has 104 valence electrons. The summed E-state index contributed by atoms with van der Waals surface area (Å²) in [6.07, 6.45) is 0.974. The number of aromatic nitrogens is 2. The van der Waals surface area contributed by atoms with E-state index in [0.29, 0.717) is 0 Å². The third-order valence-electron chi connectivity index (χ3n) is 2.97. The molecule has 0 saturated carbocycles. The van der Waals surface area contributed by atoms with Gasteiger partial charge >= 0.3 is 0 Å². The summed E-state index contributed by atoms with van der Waals surface area (Å²) in [6.45, 7) is 6.41. The summed E-state index contributed by atoms with van der Waals surface area (Å²) in [6, 6.07) is 6.32. The number of ether oxygens (including phenoxy) is 1. The van der Waals surface area contributed by atoms with Crippen LogP contribution in [-0.2, 0) is 11.3 Å². The average molecular weight is 393 g/mol. The molecule has 3 nitrogen and oxygen atoms in total. The van der Waals surface area contributed by atoms with Gasteiger partial charge in [0, 0.05) is 23.3 Å². The van der Waals surface area contributed by atoms with Gasteiger partial charge in [-0.15, -0.1) is 11.6 Å². The van der Waals surface area contributed by atoms with Gasteiger partial charge in [-0.1, -0.05) is 0 Å². The fourth-order valence-corrected chi connectivity index (χ4v) is 2.77. The lowest BCUT2D eigenvalue weighted by molar-refractivity contribution is 0.141. The molecule has 1 unspecified atom stereocenters. The van der Waals surface area contributed by atoms with Gasteiger partial charge in [-0.05, 0) is 61.1 Å². The molecule has 1 heterocycles. The van der Waals surface area contributed by atoms with Crippen molar-refractivity contribution < 1.29 is 4.74 Å². The zero-order chi connectivity index (χ0) is 13.8. The predicted octanol–water partition coefficient (Wildman–Crippen LogP) is 4.37. The molecule has 0 aliphatic heterocycles. The van der Waals surface area contributed by atoms with Crippen LogP contribution in [0.4, 0.5) is 0 Å². The van der Waals surface area contributed by atoms with E-state index in [2.05, 4.69) is 50.3 Å². The molecule has 0 amide bonds. The van der Waals surface area contributed by atoms with Crippen molar-refractivity contribution in [1.29, 1.82) is 0 Å². The van der Waals surface area contributed by atoms with Gasteiger partial charge in [0.1, 0.15) is 5.82 Å². The Morgan fingerprint density at radius 2 is 2.26 bits per heavy atom. The Bertz CT molecular complexity index is 554. The summed E-state index contributed by atoms with van der Waals surface area (Å²) < 4.78 is 8.80. The second-order valence-corrected chi connectivity index (χ2v) is 6.32. The van der Waals surface area contributed by atoms with Crippen LogP contribution in [0.2, 0.25) is 0 Å². The molecule has 0 fully saturated rings. The average Bonchev–Trinajstić information content (AvgIpc) is 2.72. The first-order valence-corrected chi connectivity index (χ1v) is 8.02. The molecule has 1 aromatic heterocycles. The van der Waals surface area contributed by atoms with E-state index >= 15 is 0 Å². The minimum Gasteiger partial charge on any atom is -0.382 e. The molecule has 0 aliphatic carbocycles. The van der Waals surface area contributed by atoms with Crippen LogP contribution < -0.4 is 0 Å². The Balaban J connectivity index is 2.30. The quantitative estimate of drug-likeness (QED) is 0.415. The van der Waals surface area contributed by atoms with Crippen LogP contribution >= 0.6 is 34.2 Å². The van der Waals surface area contributed by atoms with Gasteiger partial charge in [-0.2, -0.15) is 0 Å². The number of fused-ring (bicyclic) bond motifs is 1. The van der Waals surface area contributed by atoms with Crippen molar-refractivity contribution in [3.05, 3.63) is 27.6 Å². The highest BCUT2D eigenvalue weighted by Crippen LogP contribution is 2.26. The van der Waals surface area contributed by atoms with Gasteiger partial charge in [0.15, 0.2) is 0 Å². The predicted molar refractivity (Wildman–Crippen MR) is 87.8 cm³/mol. The molecule has 1 atom stereocenters. The van der Waals surface area contributed by atoms with E-state index in [1.54, 1.807) is 0 Å². The molecule has 0 bridgehead atoms. The molecule has 1 aromatic carbocycles. The SMILES string of the molecule is CCOCCCn1c(C(C)Cl)nc2cc(I)ccc21. The van der Waals surface area contributed by atoms with Crippen molar-refractivity contribution in [2.45, 2.75) is 32.2 Å². The lowest BCUT2D eigenvalue weighted by Crippen LogP contribution is -2.07. The van der Waals surface area contributed by atoms with Crippen LogP contribution in [0.5, 0.6) is 0 Å². The van der Waals surface area contributed by atoms with E-state index in [9.17, 15) is 0 Å². The summed E-state index contributed by atoms with van der Waals surface area (Å²) in [5.41, 5.74) is 2.17. The third-order valence-corrected chi connectivity index (χ3v) is 3.84. The Hall–Kier alpha value is -0.330. The maximum Gasteiger partial charge on any atom is 0.127 e. The smallest absolute Gasteiger partial charge is 0.127 e. The highest BCUT2D eigenvalue weighted by atomic mass is 127. The van der Waals surface area contributed by atoms with Gasteiger partial charge in [-0.25, -0.2) is 4.98 Å². The maximum atomic E-state index is 6.24. The Kier molecular flexibility index (Phi) is 5.47. The molecule has 0 saturated heterocycles. The summed E-state index contributed by atoms with van der Waals surface area (Å²) in [7, 11) is 0. The number of nitrogens with zero attached hydrogens (tertiary/aromatic N) is 2. The first-order valence-electron chi connectivity index (χ1n) is 6.51. The van der Waals surface area contributed by atoms with Crippen molar-refractivity contribution in [3.63, 3.8) is 0 Å². The van der Waals surface area contributed by atoms with Gasteiger partial charge in [0.2, 0.25) is 0 Å². The van der Waals surface area contributed by atoms with E-state index in [1.165, 1.54) is 3.57 Å². The molecule has 0 spiro atoms. The van der Waals surface area contributed by atoms with Crippen LogP contribution in [0.3, 0.4) is 0 Å². The maximum absolute atomic E-state index is 6.24. The molecular formula is C14H18ClIN2O. The Morgan fingerprint density at radius 3 is 2.95 bits per heavy atom. The zero-order valence-electron chi connectivity index (χ0n) is 11.2. The standard InChI is InChI=1S/C14H18ClIN2O/c1-3-19-8-4-7-18-13-6-5-11(16)9-12(13)17-14(18)10(2)15/h5-6,9-10H,3-4,7-8H2,1-2H3. The molecular weight excluding hydrogens is 375 g/mol. The number of benzene rings is 1. The van der Waals surface area contributed by atoms with Gasteiger partial charge in [0.25, 0.3) is 0 Å². The number of hydrogen-bond acceptors (Lipinski definition) is 2. The zero-order valence-corrected chi connectivity index (χ0v) is 14.1. The monoisotopic (exact) mass is 392 g/mol. The van der Waals surface area contributed by atoms with E-state index in [-0.39, 0.29) is 5.38 Å². The summed E-state index contributed by atoms with van der Waals surface area (Å²) >= 11 is 8.55. The third kappa shape index (κ3) is 3.61. The normalized spacial score (nSPS) is 13.1. The van der Waals surface area contributed by atoms with Crippen LogP contribution in [0.15, 0.2) is 18.2 Å². The number of alkyl halides is 1. The number of imidazole rings is 1.